The summed E-state index contributed by atoms with van der Waals surface area (Å²) in [6.45, 7) is 7.52. The van der Waals surface area contributed by atoms with E-state index in [0.29, 0.717) is 48.7 Å². The van der Waals surface area contributed by atoms with Gasteiger partial charge in [0.2, 0.25) is 5.91 Å². The molecule has 0 radical (unpaired) electrons. The molecule has 2 aliphatic heterocycles. The van der Waals surface area contributed by atoms with Gasteiger partial charge in [0.25, 0.3) is 5.91 Å². The summed E-state index contributed by atoms with van der Waals surface area (Å²) in [5, 5.41) is 0. The molecule has 0 aliphatic carbocycles. The first-order valence-corrected chi connectivity index (χ1v) is 11.6. The van der Waals surface area contributed by atoms with Crippen LogP contribution >= 0.6 is 0 Å². The summed E-state index contributed by atoms with van der Waals surface area (Å²) in [7, 11) is 1.33. The first kappa shape index (κ1) is 22.9. The molecule has 0 unspecified atom stereocenters. The minimum absolute atomic E-state index is 0.134. The number of aromatic amines is 1. The quantitative estimate of drug-likeness (QED) is 0.721. The molecule has 1 aromatic heterocycles. The highest BCUT2D eigenvalue weighted by molar-refractivity contribution is 6.00. The van der Waals surface area contributed by atoms with Gasteiger partial charge in [-0.1, -0.05) is 18.2 Å². The van der Waals surface area contributed by atoms with Gasteiger partial charge in [-0.2, -0.15) is 0 Å². The molecule has 33 heavy (non-hydrogen) atoms. The Balaban J connectivity index is 1.39. The Hall–Kier alpha value is -3.29. The Morgan fingerprint density at radius 1 is 0.970 bits per heavy atom. The highest BCUT2D eigenvalue weighted by Gasteiger charge is 2.34. The molecule has 0 bridgehead atoms. The van der Waals surface area contributed by atoms with Gasteiger partial charge in [-0.25, -0.2) is 4.79 Å². The van der Waals surface area contributed by atoms with Crippen LogP contribution in [0.1, 0.15) is 44.9 Å². The van der Waals surface area contributed by atoms with Crippen LogP contribution in [0.15, 0.2) is 30.3 Å². The van der Waals surface area contributed by atoms with Crippen molar-refractivity contribution >= 4 is 23.5 Å². The zero-order valence-corrected chi connectivity index (χ0v) is 19.6. The number of piperazine rings is 1. The van der Waals surface area contributed by atoms with Gasteiger partial charge in [0, 0.05) is 50.6 Å². The number of H-pyrrole nitrogens is 1. The number of anilines is 1. The molecule has 0 spiro atoms. The molecular weight excluding hydrogens is 420 g/mol. The van der Waals surface area contributed by atoms with E-state index in [1.54, 1.807) is 18.7 Å². The van der Waals surface area contributed by atoms with Gasteiger partial charge in [0.1, 0.15) is 5.69 Å². The number of rotatable bonds is 4. The van der Waals surface area contributed by atoms with Gasteiger partial charge >= 0.3 is 5.97 Å². The lowest BCUT2D eigenvalue weighted by molar-refractivity contribution is -0.137. The number of hydrogen-bond donors (Lipinski definition) is 1. The average molecular weight is 453 g/mol. The van der Waals surface area contributed by atoms with Crippen molar-refractivity contribution in [1.29, 1.82) is 0 Å². The van der Waals surface area contributed by atoms with E-state index >= 15 is 0 Å². The highest BCUT2D eigenvalue weighted by atomic mass is 16.5. The van der Waals surface area contributed by atoms with Gasteiger partial charge < -0.3 is 24.4 Å². The van der Waals surface area contributed by atoms with Gasteiger partial charge in [-0.15, -0.1) is 0 Å². The summed E-state index contributed by atoms with van der Waals surface area (Å²) in [6.07, 6.45) is 1.58. The second kappa shape index (κ2) is 9.68. The molecule has 2 aromatic rings. The third-order valence-electron chi connectivity index (χ3n) is 6.81. The zero-order chi connectivity index (χ0) is 23.5. The Morgan fingerprint density at radius 3 is 2.33 bits per heavy atom. The van der Waals surface area contributed by atoms with Crippen molar-refractivity contribution in [3.05, 3.63) is 52.8 Å². The first-order chi connectivity index (χ1) is 15.9. The summed E-state index contributed by atoms with van der Waals surface area (Å²) in [5.41, 5.74) is 3.19. The van der Waals surface area contributed by atoms with E-state index in [1.165, 1.54) is 12.8 Å². The van der Waals surface area contributed by atoms with Crippen LogP contribution in [-0.4, -0.2) is 78.9 Å². The smallest absolute Gasteiger partial charge is 0.339 e. The van der Waals surface area contributed by atoms with Crippen LogP contribution in [0.3, 0.4) is 0 Å². The number of hydrogen-bond acceptors (Lipinski definition) is 5. The maximum atomic E-state index is 13.3. The van der Waals surface area contributed by atoms with E-state index in [9.17, 15) is 14.4 Å². The molecule has 8 heteroatoms. The number of esters is 1. The summed E-state index contributed by atoms with van der Waals surface area (Å²) < 4.78 is 4.85. The van der Waals surface area contributed by atoms with Crippen LogP contribution in [0.25, 0.3) is 0 Å². The van der Waals surface area contributed by atoms with E-state index < -0.39 is 5.97 Å². The van der Waals surface area contributed by atoms with Crippen molar-refractivity contribution in [2.75, 3.05) is 51.3 Å². The number of aromatic nitrogens is 1. The van der Waals surface area contributed by atoms with Gasteiger partial charge in [-0.05, 0) is 44.4 Å². The fourth-order valence-corrected chi connectivity index (χ4v) is 4.98. The third kappa shape index (κ3) is 4.60. The molecule has 2 aliphatic rings. The molecule has 2 amide bonds. The van der Waals surface area contributed by atoms with Crippen molar-refractivity contribution < 1.29 is 19.1 Å². The number of amides is 2. The number of carbonyl (C=O) groups excluding carboxylic acids is 3. The predicted molar refractivity (Wildman–Crippen MR) is 125 cm³/mol. The van der Waals surface area contributed by atoms with Crippen LogP contribution in [0, 0.1) is 19.8 Å². The molecule has 1 N–H and O–H groups in total. The molecule has 176 valence electrons. The lowest BCUT2D eigenvalue weighted by atomic mass is 9.95. The van der Waals surface area contributed by atoms with Crippen LogP contribution in [0.4, 0.5) is 5.69 Å². The van der Waals surface area contributed by atoms with Crippen LogP contribution in [0.2, 0.25) is 0 Å². The van der Waals surface area contributed by atoms with Gasteiger partial charge in [0.05, 0.1) is 18.6 Å². The minimum atomic E-state index is -0.457. The maximum absolute atomic E-state index is 13.3. The monoisotopic (exact) mass is 452 g/mol. The first-order valence-electron chi connectivity index (χ1n) is 11.6. The summed E-state index contributed by atoms with van der Waals surface area (Å²) in [4.78, 5) is 47.6. The number of aryl methyl sites for hydroxylation is 1. The number of likely N-dealkylation sites (tertiary alicyclic amines) is 1. The van der Waals surface area contributed by atoms with E-state index in [2.05, 4.69) is 22.0 Å². The Kier molecular flexibility index (Phi) is 6.72. The van der Waals surface area contributed by atoms with Crippen LogP contribution < -0.4 is 4.90 Å². The number of carbonyl (C=O) groups is 3. The number of nitrogens with zero attached hydrogens (tertiary/aromatic N) is 3. The van der Waals surface area contributed by atoms with Crippen LogP contribution in [0.5, 0.6) is 0 Å². The second-order valence-electron chi connectivity index (χ2n) is 8.85. The van der Waals surface area contributed by atoms with Crippen molar-refractivity contribution in [3.63, 3.8) is 0 Å². The third-order valence-corrected chi connectivity index (χ3v) is 6.81. The average Bonchev–Trinajstić information content (AvgIpc) is 3.17. The number of methoxy groups -OCH3 is 1. The molecule has 3 heterocycles. The largest absolute Gasteiger partial charge is 0.465 e. The fraction of sp³-hybridized carbons (Fsp3) is 0.480. The van der Waals surface area contributed by atoms with E-state index in [4.69, 9.17) is 4.74 Å². The Bertz CT molecular complexity index is 1020. The standard InChI is InChI=1S/C25H32N4O4/c1-17-21(25(32)33-3)18(2)26-22(17)24(31)29-11-7-8-19(16-29)23(30)28-14-12-27(13-15-28)20-9-5-4-6-10-20/h4-6,9-10,19,26H,7-8,11-16H2,1-3H3/t19-/m1/s1. The Labute approximate surface area is 194 Å². The lowest BCUT2D eigenvalue weighted by Crippen LogP contribution is -2.53. The number of para-hydroxylation sites is 1. The van der Waals surface area contributed by atoms with Gasteiger partial charge in [-0.3, -0.25) is 9.59 Å². The second-order valence-corrected chi connectivity index (χ2v) is 8.85. The van der Waals surface area contributed by atoms with Crippen molar-refractivity contribution in [3.8, 4) is 0 Å². The lowest BCUT2D eigenvalue weighted by Gasteiger charge is -2.39. The fourth-order valence-electron chi connectivity index (χ4n) is 4.98. The van der Waals surface area contributed by atoms with Gasteiger partial charge in [0.15, 0.2) is 0 Å². The van der Waals surface area contributed by atoms with Crippen molar-refractivity contribution in [2.45, 2.75) is 26.7 Å². The molecular formula is C25H32N4O4. The summed E-state index contributed by atoms with van der Waals surface area (Å²) in [5.74, 6) is -0.684. The zero-order valence-electron chi connectivity index (χ0n) is 19.6. The number of benzene rings is 1. The SMILES string of the molecule is COC(=O)c1c(C)[nH]c(C(=O)N2CCC[C@@H](C(=O)N3CCN(c4ccccc4)CC3)C2)c1C. The number of ether oxygens (including phenoxy) is 1. The molecule has 1 aromatic carbocycles. The highest BCUT2D eigenvalue weighted by Crippen LogP contribution is 2.25. The van der Waals surface area contributed by atoms with Crippen molar-refractivity contribution in [2.24, 2.45) is 5.92 Å². The van der Waals surface area contributed by atoms with E-state index in [-0.39, 0.29) is 17.7 Å². The molecule has 8 nitrogen and oxygen atoms in total. The number of piperidine rings is 1. The van der Waals surface area contributed by atoms with Crippen LogP contribution in [-0.2, 0) is 9.53 Å². The molecule has 4 rings (SSSR count). The molecule has 2 saturated heterocycles. The topological polar surface area (TPSA) is 85.9 Å². The molecule has 0 saturated carbocycles. The normalized spacial score (nSPS) is 18.9. The minimum Gasteiger partial charge on any atom is -0.465 e. The van der Waals surface area contributed by atoms with E-state index in [1.807, 2.05) is 23.1 Å². The summed E-state index contributed by atoms with van der Waals surface area (Å²) >= 11 is 0. The summed E-state index contributed by atoms with van der Waals surface area (Å²) in [6, 6.07) is 10.3. The van der Waals surface area contributed by atoms with E-state index in [0.717, 1.165) is 25.9 Å². The number of nitrogens with one attached hydrogen (secondary N) is 1. The molecule has 1 atom stereocenters. The molecule has 2 fully saturated rings. The maximum Gasteiger partial charge on any atom is 0.339 e. The predicted octanol–water partition coefficient (Wildman–Crippen LogP) is 2.62. The van der Waals surface area contributed by atoms with Crippen molar-refractivity contribution in [1.82, 2.24) is 14.8 Å². The Morgan fingerprint density at radius 2 is 1.67 bits per heavy atom.